The summed E-state index contributed by atoms with van der Waals surface area (Å²) < 4.78 is 49.5. The molecule has 1 N–H and O–H groups in total. The zero-order chi connectivity index (χ0) is 24.9. The van der Waals surface area contributed by atoms with Crippen molar-refractivity contribution in [1.29, 1.82) is 0 Å². The molecule has 35 heavy (non-hydrogen) atoms. The number of hydrogen-bond acceptors (Lipinski definition) is 7. The third-order valence-electron chi connectivity index (χ3n) is 5.98. The summed E-state index contributed by atoms with van der Waals surface area (Å²) in [6, 6.07) is 1.79. The van der Waals surface area contributed by atoms with E-state index in [0.29, 0.717) is 12.7 Å². The highest BCUT2D eigenvalue weighted by atomic mass is 35.5. The molecule has 2 saturated heterocycles. The quantitative estimate of drug-likeness (QED) is 0.431. The first-order chi connectivity index (χ1) is 16.1. The largest absolute Gasteiger partial charge is 0.453 e. The average Bonchev–Trinajstić information content (AvgIpc) is 3.31. The number of amides is 2. The van der Waals surface area contributed by atoms with Gasteiger partial charge in [-0.05, 0) is 25.5 Å². The predicted octanol–water partition coefficient (Wildman–Crippen LogP) is 2.63. The Bertz CT molecular complexity index is 914. The van der Waals surface area contributed by atoms with E-state index in [1.807, 2.05) is 0 Å². The molecule has 2 amide bonds. The fraction of sp³-hybridized carbons (Fsp3) is 0.619. The van der Waals surface area contributed by atoms with Crippen LogP contribution in [0.25, 0.3) is 0 Å². The smallest absolute Gasteiger partial charge is 0.416 e. The van der Waals surface area contributed by atoms with Gasteiger partial charge in [0.15, 0.2) is 0 Å². The normalized spacial score (nSPS) is 20.3. The molecule has 14 heteroatoms. The van der Waals surface area contributed by atoms with Crippen molar-refractivity contribution in [3.63, 3.8) is 0 Å². The van der Waals surface area contributed by atoms with E-state index in [4.69, 9.17) is 9.47 Å². The minimum atomic E-state index is -4.74. The van der Waals surface area contributed by atoms with Gasteiger partial charge in [0, 0.05) is 37.3 Å². The number of alkyl halides is 3. The van der Waals surface area contributed by atoms with Crippen LogP contribution in [0.1, 0.15) is 24.0 Å². The van der Waals surface area contributed by atoms with Crippen LogP contribution in [0.4, 0.5) is 23.7 Å². The van der Waals surface area contributed by atoms with Crippen LogP contribution in [0.15, 0.2) is 18.2 Å². The average molecular weight is 525 g/mol. The first-order valence-electron chi connectivity index (χ1n) is 10.9. The highest BCUT2D eigenvalue weighted by Crippen LogP contribution is 2.33. The van der Waals surface area contributed by atoms with E-state index in [-0.39, 0.29) is 50.3 Å². The molecule has 2 aliphatic heterocycles. The third-order valence-corrected chi connectivity index (χ3v) is 5.98. The van der Waals surface area contributed by atoms with Gasteiger partial charge in [-0.15, -0.1) is 12.4 Å². The number of nitro groups is 1. The first kappa shape index (κ1) is 28.6. The van der Waals surface area contributed by atoms with Crippen molar-refractivity contribution in [2.45, 2.75) is 37.5 Å². The van der Waals surface area contributed by atoms with E-state index in [1.165, 1.54) is 16.9 Å². The number of carbonyl (C=O) groups is 2. The van der Waals surface area contributed by atoms with Crippen molar-refractivity contribution in [3.8, 4) is 0 Å². The number of nitro benzene ring substituents is 1. The minimum Gasteiger partial charge on any atom is -0.453 e. The Morgan fingerprint density at radius 3 is 2.60 bits per heavy atom. The number of hydrogen-bond donors (Lipinski definition) is 1. The molecule has 2 unspecified atom stereocenters. The van der Waals surface area contributed by atoms with Crippen molar-refractivity contribution < 1.29 is 37.2 Å². The van der Waals surface area contributed by atoms with Crippen molar-refractivity contribution in [1.82, 2.24) is 15.1 Å². The number of piperazine rings is 1. The van der Waals surface area contributed by atoms with E-state index in [9.17, 15) is 32.9 Å². The molecule has 0 saturated carbocycles. The van der Waals surface area contributed by atoms with Crippen LogP contribution >= 0.6 is 12.4 Å². The van der Waals surface area contributed by atoms with Gasteiger partial charge in [-0.2, -0.15) is 13.2 Å². The van der Waals surface area contributed by atoms with Crippen LogP contribution in [0, 0.1) is 10.1 Å². The summed E-state index contributed by atoms with van der Waals surface area (Å²) in [6.45, 7) is 1.94. The van der Waals surface area contributed by atoms with Crippen LogP contribution in [0.5, 0.6) is 0 Å². The summed E-state index contributed by atoms with van der Waals surface area (Å²) in [7, 11) is 1.25. The second-order valence-electron chi connectivity index (χ2n) is 8.26. The molecule has 0 aliphatic carbocycles. The molecule has 2 aliphatic rings. The van der Waals surface area contributed by atoms with Crippen molar-refractivity contribution in [2.75, 3.05) is 46.5 Å². The Morgan fingerprint density at radius 1 is 1.26 bits per heavy atom. The van der Waals surface area contributed by atoms with Crippen LogP contribution in [0.2, 0.25) is 0 Å². The fourth-order valence-electron chi connectivity index (χ4n) is 4.19. The topological polar surface area (TPSA) is 114 Å². The molecule has 3 rings (SSSR count). The number of carbonyl (C=O) groups excluding carboxylic acids is 2. The molecule has 0 spiro atoms. The molecule has 2 fully saturated rings. The number of nitrogens with one attached hydrogen (secondary N) is 1. The SMILES string of the molecule is COC(=O)N1CCN(C(=O)Cc2ccc(C(F)(F)F)cc2[N+](=O)[O-])C(COCC2CCCN2)C1.Cl. The van der Waals surface area contributed by atoms with Gasteiger partial charge >= 0.3 is 12.3 Å². The summed E-state index contributed by atoms with van der Waals surface area (Å²) in [6.07, 6.45) is -3.72. The summed E-state index contributed by atoms with van der Waals surface area (Å²) in [5.74, 6) is -0.500. The van der Waals surface area contributed by atoms with Crippen LogP contribution in [-0.4, -0.2) is 85.3 Å². The van der Waals surface area contributed by atoms with E-state index in [2.05, 4.69) is 5.32 Å². The second kappa shape index (κ2) is 12.4. The zero-order valence-electron chi connectivity index (χ0n) is 19.1. The summed E-state index contributed by atoms with van der Waals surface area (Å²) in [5, 5.41) is 14.7. The van der Waals surface area contributed by atoms with Gasteiger partial charge in [0.25, 0.3) is 5.69 Å². The molecule has 10 nitrogen and oxygen atoms in total. The number of methoxy groups -OCH3 is 1. The lowest BCUT2D eigenvalue weighted by Crippen LogP contribution is -2.58. The standard InChI is InChI=1S/C21H27F3N4O6.ClH/c1-33-20(30)26-7-8-27(17(11-26)13-34-12-16-3-2-6-25-16)19(29)9-14-4-5-15(21(22,23)24)10-18(14)28(31)32;/h4-5,10,16-17,25H,2-3,6-9,11-13H2,1H3;1H. The van der Waals surface area contributed by atoms with Crippen LogP contribution in [0.3, 0.4) is 0 Å². The number of rotatable bonds is 7. The summed E-state index contributed by atoms with van der Waals surface area (Å²) in [5.41, 5.74) is -2.04. The fourth-order valence-corrected chi connectivity index (χ4v) is 4.19. The lowest BCUT2D eigenvalue weighted by Gasteiger charge is -2.40. The van der Waals surface area contributed by atoms with Gasteiger partial charge in [0.1, 0.15) is 0 Å². The van der Waals surface area contributed by atoms with Crippen LogP contribution < -0.4 is 5.32 Å². The van der Waals surface area contributed by atoms with E-state index < -0.39 is 46.8 Å². The van der Waals surface area contributed by atoms with Gasteiger partial charge in [0.2, 0.25) is 5.91 Å². The van der Waals surface area contributed by atoms with Gasteiger partial charge in [-0.1, -0.05) is 6.07 Å². The van der Waals surface area contributed by atoms with Crippen LogP contribution in [-0.2, 0) is 26.9 Å². The lowest BCUT2D eigenvalue weighted by atomic mass is 10.0. The Morgan fingerprint density at radius 2 is 2.00 bits per heavy atom. The van der Waals surface area contributed by atoms with Crippen molar-refractivity contribution in [3.05, 3.63) is 39.4 Å². The Balaban J connectivity index is 0.00000432. The predicted molar refractivity (Wildman–Crippen MR) is 120 cm³/mol. The second-order valence-corrected chi connectivity index (χ2v) is 8.26. The highest BCUT2D eigenvalue weighted by Gasteiger charge is 2.36. The van der Waals surface area contributed by atoms with Crippen molar-refractivity contribution in [2.24, 2.45) is 0 Å². The number of ether oxygens (including phenoxy) is 2. The zero-order valence-corrected chi connectivity index (χ0v) is 19.9. The maximum absolute atomic E-state index is 13.1. The molecule has 0 aromatic heterocycles. The Hall–Kier alpha value is -2.64. The van der Waals surface area contributed by atoms with Gasteiger partial charge in [-0.3, -0.25) is 14.9 Å². The molecule has 1 aromatic carbocycles. The number of halogens is 4. The maximum atomic E-state index is 13.1. The summed E-state index contributed by atoms with van der Waals surface area (Å²) >= 11 is 0. The molecule has 2 heterocycles. The third kappa shape index (κ3) is 7.42. The molecule has 1 aromatic rings. The highest BCUT2D eigenvalue weighted by molar-refractivity contribution is 5.85. The molecule has 196 valence electrons. The lowest BCUT2D eigenvalue weighted by molar-refractivity contribution is -0.385. The summed E-state index contributed by atoms with van der Waals surface area (Å²) in [4.78, 5) is 38.4. The monoisotopic (exact) mass is 524 g/mol. The Labute approximate surface area is 206 Å². The molecule has 0 bridgehead atoms. The van der Waals surface area contributed by atoms with Crippen molar-refractivity contribution >= 4 is 30.1 Å². The maximum Gasteiger partial charge on any atom is 0.416 e. The first-order valence-corrected chi connectivity index (χ1v) is 10.9. The molecule has 2 atom stereocenters. The molecular weight excluding hydrogens is 497 g/mol. The van der Waals surface area contributed by atoms with E-state index in [1.54, 1.807) is 0 Å². The Kier molecular flexibility index (Phi) is 10.1. The molecule has 0 radical (unpaired) electrons. The van der Waals surface area contributed by atoms with E-state index >= 15 is 0 Å². The number of benzene rings is 1. The van der Waals surface area contributed by atoms with Gasteiger partial charge < -0.3 is 24.6 Å². The molecular formula is C21H28ClF3N4O6. The van der Waals surface area contributed by atoms with E-state index in [0.717, 1.165) is 31.5 Å². The van der Waals surface area contributed by atoms with Gasteiger partial charge in [-0.25, -0.2) is 4.79 Å². The minimum absolute atomic E-state index is 0. The number of nitrogens with zero attached hydrogens (tertiary/aromatic N) is 3. The van der Waals surface area contributed by atoms with Gasteiger partial charge in [0.05, 0.1) is 43.3 Å².